The smallest absolute Gasteiger partial charge is 0.0107 e. The minimum Gasteiger partial charge on any atom is -0.327 e. The van der Waals surface area contributed by atoms with Gasteiger partial charge >= 0.3 is 0 Å². The Morgan fingerprint density at radius 2 is 2.13 bits per heavy atom. The molecule has 88 valence electrons. The monoisotopic (exact) mass is 228 g/mol. The Kier molecular flexibility index (Phi) is 3.97. The van der Waals surface area contributed by atoms with Gasteiger partial charge in [0, 0.05) is 18.6 Å². The van der Waals surface area contributed by atoms with Gasteiger partial charge in [0.1, 0.15) is 0 Å². The van der Waals surface area contributed by atoms with Crippen molar-refractivity contribution < 1.29 is 0 Å². The first-order chi connectivity index (χ1) is 7.18. The first-order valence-electron chi connectivity index (χ1n) is 6.26. The molecule has 0 radical (unpaired) electrons. The normalized spacial score (nSPS) is 43.4. The molecule has 2 aliphatic rings. The summed E-state index contributed by atoms with van der Waals surface area (Å²) in [5, 5.41) is 0. The molecule has 15 heavy (non-hydrogen) atoms. The van der Waals surface area contributed by atoms with Gasteiger partial charge in [0.2, 0.25) is 0 Å². The molecule has 0 aromatic rings. The van der Waals surface area contributed by atoms with Crippen LogP contribution in [0.1, 0.15) is 26.7 Å². The van der Waals surface area contributed by atoms with Crippen LogP contribution in [0.25, 0.3) is 0 Å². The molecule has 0 saturated carbocycles. The second kappa shape index (κ2) is 5.07. The summed E-state index contributed by atoms with van der Waals surface area (Å²) >= 11 is 2.12. The van der Waals surface area contributed by atoms with Crippen molar-refractivity contribution in [1.29, 1.82) is 0 Å². The van der Waals surface area contributed by atoms with Gasteiger partial charge in [-0.3, -0.25) is 4.90 Å². The maximum atomic E-state index is 6.11. The molecule has 0 bridgehead atoms. The lowest BCUT2D eigenvalue weighted by atomic mass is 9.87. The molecule has 2 nitrogen and oxygen atoms in total. The number of nitrogens with two attached hydrogens (primary N) is 1. The maximum absolute atomic E-state index is 6.11. The second-order valence-corrected chi connectivity index (χ2v) is 6.43. The molecule has 2 saturated heterocycles. The summed E-state index contributed by atoms with van der Waals surface area (Å²) in [5.41, 5.74) is 6.11. The highest BCUT2D eigenvalue weighted by Gasteiger charge is 2.31. The standard InChI is InChI=1S/C12H24N2S/c1-9-10(2)14(5-3-12(9)13)7-11-4-6-15-8-11/h9-12H,3-8,13H2,1-2H3. The summed E-state index contributed by atoms with van der Waals surface area (Å²) in [6.45, 7) is 7.19. The summed E-state index contributed by atoms with van der Waals surface area (Å²) in [7, 11) is 0. The van der Waals surface area contributed by atoms with Gasteiger partial charge in [0.25, 0.3) is 0 Å². The van der Waals surface area contributed by atoms with Crippen molar-refractivity contribution in [3.8, 4) is 0 Å². The molecule has 2 fully saturated rings. The van der Waals surface area contributed by atoms with Gasteiger partial charge in [-0.15, -0.1) is 0 Å². The Hall–Kier alpha value is 0.270. The van der Waals surface area contributed by atoms with Gasteiger partial charge < -0.3 is 5.73 Å². The van der Waals surface area contributed by atoms with Crippen molar-refractivity contribution in [2.45, 2.75) is 38.8 Å². The topological polar surface area (TPSA) is 29.3 Å². The fourth-order valence-electron chi connectivity index (χ4n) is 2.79. The third kappa shape index (κ3) is 2.69. The van der Waals surface area contributed by atoms with Gasteiger partial charge in [-0.25, -0.2) is 0 Å². The van der Waals surface area contributed by atoms with Crippen LogP contribution in [-0.4, -0.2) is 41.6 Å². The van der Waals surface area contributed by atoms with Crippen LogP contribution in [0.2, 0.25) is 0 Å². The first kappa shape index (κ1) is 11.7. The summed E-state index contributed by atoms with van der Waals surface area (Å²) in [5.74, 6) is 4.36. The molecule has 0 aliphatic carbocycles. The lowest BCUT2D eigenvalue weighted by molar-refractivity contribution is 0.0850. The molecule has 2 rings (SSSR count). The van der Waals surface area contributed by atoms with E-state index in [0.717, 1.165) is 5.92 Å². The minimum atomic E-state index is 0.425. The fraction of sp³-hybridized carbons (Fsp3) is 1.00. The number of piperidine rings is 1. The highest BCUT2D eigenvalue weighted by atomic mass is 32.2. The molecule has 2 heterocycles. The van der Waals surface area contributed by atoms with Crippen LogP contribution in [0.4, 0.5) is 0 Å². The number of thioether (sulfide) groups is 1. The third-order valence-corrected chi connectivity index (χ3v) is 5.51. The molecule has 0 aromatic carbocycles. The molecule has 4 atom stereocenters. The molecule has 4 unspecified atom stereocenters. The van der Waals surface area contributed by atoms with E-state index in [9.17, 15) is 0 Å². The summed E-state index contributed by atoms with van der Waals surface area (Å²) in [6.07, 6.45) is 2.61. The van der Waals surface area contributed by atoms with Crippen LogP contribution in [0.15, 0.2) is 0 Å². The highest BCUT2D eigenvalue weighted by Crippen LogP contribution is 2.28. The predicted octanol–water partition coefficient (Wildman–Crippen LogP) is 1.80. The zero-order valence-electron chi connectivity index (χ0n) is 9.98. The minimum absolute atomic E-state index is 0.425. The van der Waals surface area contributed by atoms with Crippen LogP contribution in [0, 0.1) is 11.8 Å². The van der Waals surface area contributed by atoms with Gasteiger partial charge in [-0.2, -0.15) is 11.8 Å². The van der Waals surface area contributed by atoms with E-state index < -0.39 is 0 Å². The van der Waals surface area contributed by atoms with Gasteiger partial charge in [0.05, 0.1) is 0 Å². The van der Waals surface area contributed by atoms with Crippen molar-refractivity contribution in [1.82, 2.24) is 4.90 Å². The Labute approximate surface area is 98.0 Å². The molecular weight excluding hydrogens is 204 g/mol. The van der Waals surface area contributed by atoms with Crippen molar-refractivity contribution in [3.05, 3.63) is 0 Å². The third-order valence-electron chi connectivity index (χ3n) is 4.28. The first-order valence-corrected chi connectivity index (χ1v) is 7.41. The molecule has 0 aromatic heterocycles. The average Bonchev–Trinajstić information content (AvgIpc) is 2.72. The summed E-state index contributed by atoms with van der Waals surface area (Å²) in [6, 6.07) is 1.11. The molecule has 3 heteroatoms. The summed E-state index contributed by atoms with van der Waals surface area (Å²) in [4.78, 5) is 2.67. The lowest BCUT2D eigenvalue weighted by Gasteiger charge is -2.42. The van der Waals surface area contributed by atoms with E-state index in [4.69, 9.17) is 5.73 Å². The summed E-state index contributed by atoms with van der Waals surface area (Å²) < 4.78 is 0. The SMILES string of the molecule is CC1C(N)CCN(CC2CCSC2)C1C. The van der Waals surface area contributed by atoms with Crippen LogP contribution in [0.3, 0.4) is 0 Å². The Morgan fingerprint density at radius 1 is 1.33 bits per heavy atom. The van der Waals surface area contributed by atoms with Gasteiger partial charge in [0.15, 0.2) is 0 Å². The molecule has 0 amide bonds. The number of nitrogens with zero attached hydrogens (tertiary/aromatic N) is 1. The molecule has 2 N–H and O–H groups in total. The fourth-order valence-corrected chi connectivity index (χ4v) is 4.06. The van der Waals surface area contributed by atoms with E-state index in [1.165, 1.54) is 37.4 Å². The number of hydrogen-bond acceptors (Lipinski definition) is 3. The molecule has 2 aliphatic heterocycles. The van der Waals surface area contributed by atoms with Gasteiger partial charge in [-0.1, -0.05) is 6.92 Å². The van der Waals surface area contributed by atoms with Crippen molar-refractivity contribution in [2.24, 2.45) is 17.6 Å². The van der Waals surface area contributed by atoms with E-state index in [-0.39, 0.29) is 0 Å². The number of rotatable bonds is 2. The van der Waals surface area contributed by atoms with E-state index in [2.05, 4.69) is 30.5 Å². The van der Waals surface area contributed by atoms with Crippen molar-refractivity contribution >= 4 is 11.8 Å². The van der Waals surface area contributed by atoms with Crippen molar-refractivity contribution in [3.63, 3.8) is 0 Å². The van der Waals surface area contributed by atoms with E-state index >= 15 is 0 Å². The van der Waals surface area contributed by atoms with E-state index in [1.54, 1.807) is 0 Å². The second-order valence-electron chi connectivity index (χ2n) is 5.28. The van der Waals surface area contributed by atoms with Gasteiger partial charge in [-0.05, 0) is 49.7 Å². The predicted molar refractivity (Wildman–Crippen MR) is 68.2 cm³/mol. The van der Waals surface area contributed by atoms with Crippen LogP contribution < -0.4 is 5.73 Å². The quantitative estimate of drug-likeness (QED) is 0.781. The zero-order chi connectivity index (χ0) is 10.8. The maximum Gasteiger partial charge on any atom is 0.0107 e. The largest absolute Gasteiger partial charge is 0.327 e. The average molecular weight is 228 g/mol. The Morgan fingerprint density at radius 3 is 2.80 bits per heavy atom. The molecular formula is C12H24N2S. The van der Waals surface area contributed by atoms with Crippen LogP contribution in [0.5, 0.6) is 0 Å². The van der Waals surface area contributed by atoms with Crippen molar-refractivity contribution in [2.75, 3.05) is 24.6 Å². The highest BCUT2D eigenvalue weighted by molar-refractivity contribution is 7.99. The van der Waals surface area contributed by atoms with E-state index in [1.807, 2.05) is 0 Å². The van der Waals surface area contributed by atoms with E-state index in [0.29, 0.717) is 18.0 Å². The number of hydrogen-bond donors (Lipinski definition) is 1. The lowest BCUT2D eigenvalue weighted by Crippen LogP contribution is -2.52. The molecule has 0 spiro atoms. The van der Waals surface area contributed by atoms with Crippen LogP contribution in [-0.2, 0) is 0 Å². The van der Waals surface area contributed by atoms with Crippen LogP contribution >= 0.6 is 11.8 Å². The zero-order valence-corrected chi connectivity index (χ0v) is 10.8. The Bertz CT molecular complexity index is 204. The number of likely N-dealkylation sites (tertiary alicyclic amines) is 1. The Balaban J connectivity index is 1.86.